The quantitative estimate of drug-likeness (QED) is 0.457. The molecule has 2 nitrogen and oxygen atoms in total. The average Bonchev–Trinajstić information content (AvgIpc) is 2.55. The smallest absolute Gasteiger partial charge is 0.103 e. The normalized spacial score (nSPS) is 11.9. The van der Waals surface area contributed by atoms with Gasteiger partial charge in [-0.15, -0.1) is 0 Å². The summed E-state index contributed by atoms with van der Waals surface area (Å²) < 4.78 is 0. The first-order valence-electron chi connectivity index (χ1n) is 8.04. The highest BCUT2D eigenvalue weighted by molar-refractivity contribution is 6.04. The molecule has 0 unspecified atom stereocenters. The van der Waals surface area contributed by atoms with Gasteiger partial charge in [0.15, 0.2) is 0 Å². The van der Waals surface area contributed by atoms with Crippen LogP contribution in [0.3, 0.4) is 0 Å². The minimum Gasteiger partial charge on any atom is -0.343 e. The molecule has 0 fully saturated rings. The van der Waals surface area contributed by atoms with Crippen LogP contribution in [-0.4, -0.2) is 5.84 Å². The van der Waals surface area contributed by atoms with Crippen LogP contribution in [0.2, 0.25) is 0 Å². The van der Waals surface area contributed by atoms with E-state index in [0.29, 0.717) is 5.92 Å². The molecule has 0 saturated heterocycles. The molecule has 3 aromatic rings. The summed E-state index contributed by atoms with van der Waals surface area (Å²) in [5, 5.41) is 5.89. The maximum absolute atomic E-state index is 4.79. The van der Waals surface area contributed by atoms with E-state index >= 15 is 0 Å². The highest BCUT2D eigenvalue weighted by atomic mass is 15.0. The van der Waals surface area contributed by atoms with Gasteiger partial charge in [-0.25, -0.2) is 4.99 Å². The number of amidine groups is 1. The summed E-state index contributed by atoms with van der Waals surface area (Å²) in [6.07, 6.45) is 0. The predicted molar refractivity (Wildman–Crippen MR) is 101 cm³/mol. The fourth-order valence-electron chi connectivity index (χ4n) is 2.82. The second-order valence-electron chi connectivity index (χ2n) is 6.06. The van der Waals surface area contributed by atoms with E-state index in [4.69, 9.17) is 4.99 Å². The molecule has 0 aliphatic carbocycles. The lowest BCUT2D eigenvalue weighted by Gasteiger charge is -2.12. The zero-order valence-electron chi connectivity index (χ0n) is 13.9. The Balaban J connectivity index is 1.93. The van der Waals surface area contributed by atoms with Crippen molar-refractivity contribution < 1.29 is 0 Å². The lowest BCUT2D eigenvalue weighted by atomic mass is 10.0. The van der Waals surface area contributed by atoms with E-state index in [1.54, 1.807) is 0 Å². The van der Waals surface area contributed by atoms with Crippen molar-refractivity contribution in [2.45, 2.75) is 26.7 Å². The summed E-state index contributed by atoms with van der Waals surface area (Å²) in [5.74, 6) is 1.36. The van der Waals surface area contributed by atoms with Gasteiger partial charge in [-0.3, -0.25) is 0 Å². The Morgan fingerprint density at radius 3 is 2.39 bits per heavy atom. The Hall–Kier alpha value is -2.61. The first kappa shape index (κ1) is 15.3. The number of anilines is 1. The second kappa shape index (κ2) is 6.66. The molecular formula is C21H22N2. The van der Waals surface area contributed by atoms with Gasteiger partial charge in [-0.2, -0.15) is 0 Å². The molecule has 0 aliphatic rings. The number of nitrogens with one attached hydrogen (secondary N) is 1. The molecule has 0 heterocycles. The Kier molecular flexibility index (Phi) is 4.42. The van der Waals surface area contributed by atoms with Gasteiger partial charge >= 0.3 is 0 Å². The molecule has 23 heavy (non-hydrogen) atoms. The van der Waals surface area contributed by atoms with Crippen molar-refractivity contribution in [1.29, 1.82) is 0 Å². The highest BCUT2D eigenvalue weighted by Crippen LogP contribution is 2.27. The minimum absolute atomic E-state index is 0.459. The SMILES string of the molecule is C/C(=N\c1ccccc1C(C)C)Nc1cccc2ccccc12. The van der Waals surface area contributed by atoms with Crippen LogP contribution in [0.15, 0.2) is 71.7 Å². The van der Waals surface area contributed by atoms with Gasteiger partial charge in [0.1, 0.15) is 5.84 Å². The molecule has 0 atom stereocenters. The zero-order valence-corrected chi connectivity index (χ0v) is 13.9. The van der Waals surface area contributed by atoms with Crippen LogP contribution in [0, 0.1) is 0 Å². The molecule has 0 aromatic heterocycles. The average molecular weight is 302 g/mol. The molecule has 0 aliphatic heterocycles. The maximum Gasteiger partial charge on any atom is 0.103 e. The third-order valence-electron chi connectivity index (χ3n) is 3.95. The fraction of sp³-hybridized carbons (Fsp3) is 0.190. The molecule has 116 valence electrons. The summed E-state index contributed by atoms with van der Waals surface area (Å²) in [7, 11) is 0. The van der Waals surface area contributed by atoms with Crippen LogP contribution in [0.25, 0.3) is 10.8 Å². The number of fused-ring (bicyclic) bond motifs is 1. The summed E-state index contributed by atoms with van der Waals surface area (Å²) in [6, 6.07) is 23.0. The number of hydrogen-bond donors (Lipinski definition) is 1. The van der Waals surface area contributed by atoms with Crippen molar-refractivity contribution in [3.8, 4) is 0 Å². The van der Waals surface area contributed by atoms with Crippen LogP contribution >= 0.6 is 0 Å². The summed E-state index contributed by atoms with van der Waals surface area (Å²) >= 11 is 0. The molecule has 0 saturated carbocycles. The molecule has 3 aromatic carbocycles. The predicted octanol–water partition coefficient (Wildman–Crippen LogP) is 6.13. The monoisotopic (exact) mass is 302 g/mol. The van der Waals surface area contributed by atoms with Gasteiger partial charge in [0, 0.05) is 11.1 Å². The van der Waals surface area contributed by atoms with Crippen molar-refractivity contribution in [1.82, 2.24) is 0 Å². The van der Waals surface area contributed by atoms with Crippen LogP contribution < -0.4 is 5.32 Å². The van der Waals surface area contributed by atoms with E-state index in [2.05, 4.69) is 79.8 Å². The minimum atomic E-state index is 0.459. The van der Waals surface area contributed by atoms with Crippen molar-refractivity contribution in [3.63, 3.8) is 0 Å². The largest absolute Gasteiger partial charge is 0.343 e. The molecule has 0 amide bonds. The van der Waals surface area contributed by atoms with Crippen molar-refractivity contribution in [3.05, 3.63) is 72.3 Å². The summed E-state index contributed by atoms with van der Waals surface area (Å²) in [4.78, 5) is 4.79. The number of nitrogens with zero attached hydrogens (tertiary/aromatic N) is 1. The first-order chi connectivity index (χ1) is 11.1. The lowest BCUT2D eigenvalue weighted by molar-refractivity contribution is 0.867. The Labute approximate surface area is 137 Å². The van der Waals surface area contributed by atoms with Crippen LogP contribution in [0.4, 0.5) is 11.4 Å². The summed E-state index contributed by atoms with van der Waals surface area (Å²) in [5.41, 5.74) is 3.39. The number of aliphatic imine (C=N–C) groups is 1. The Morgan fingerprint density at radius 1 is 0.870 bits per heavy atom. The Morgan fingerprint density at radius 2 is 1.57 bits per heavy atom. The van der Waals surface area contributed by atoms with Crippen molar-refractivity contribution >= 4 is 28.0 Å². The van der Waals surface area contributed by atoms with Gasteiger partial charge in [-0.05, 0) is 35.9 Å². The number of hydrogen-bond acceptors (Lipinski definition) is 1. The lowest BCUT2D eigenvalue weighted by Crippen LogP contribution is -2.07. The Bertz CT molecular complexity index is 842. The maximum atomic E-state index is 4.79. The van der Waals surface area contributed by atoms with E-state index in [0.717, 1.165) is 17.2 Å². The van der Waals surface area contributed by atoms with Gasteiger partial charge in [0.05, 0.1) is 5.69 Å². The van der Waals surface area contributed by atoms with Gasteiger partial charge < -0.3 is 5.32 Å². The molecule has 0 bridgehead atoms. The molecule has 2 heteroatoms. The fourth-order valence-corrected chi connectivity index (χ4v) is 2.82. The standard InChI is InChI=1S/C21H22N2/c1-15(2)18-11-6-7-13-20(18)22-16(3)23-21-14-8-10-17-9-4-5-12-19(17)21/h4-15H,1-3H3,(H,22,23). The van der Waals surface area contributed by atoms with Crippen LogP contribution in [-0.2, 0) is 0 Å². The van der Waals surface area contributed by atoms with E-state index in [1.165, 1.54) is 16.3 Å². The van der Waals surface area contributed by atoms with E-state index < -0.39 is 0 Å². The van der Waals surface area contributed by atoms with Gasteiger partial charge in [0.25, 0.3) is 0 Å². The van der Waals surface area contributed by atoms with E-state index in [-0.39, 0.29) is 0 Å². The number of para-hydroxylation sites is 1. The van der Waals surface area contributed by atoms with Gasteiger partial charge in [-0.1, -0.05) is 68.4 Å². The van der Waals surface area contributed by atoms with E-state index in [1.807, 2.05) is 13.0 Å². The van der Waals surface area contributed by atoms with Crippen LogP contribution in [0.5, 0.6) is 0 Å². The van der Waals surface area contributed by atoms with Crippen molar-refractivity contribution in [2.24, 2.45) is 4.99 Å². The third-order valence-corrected chi connectivity index (χ3v) is 3.95. The topological polar surface area (TPSA) is 24.4 Å². The van der Waals surface area contributed by atoms with Crippen molar-refractivity contribution in [2.75, 3.05) is 5.32 Å². The molecular weight excluding hydrogens is 280 g/mol. The van der Waals surface area contributed by atoms with E-state index in [9.17, 15) is 0 Å². The second-order valence-corrected chi connectivity index (χ2v) is 6.06. The van der Waals surface area contributed by atoms with Gasteiger partial charge in [0.2, 0.25) is 0 Å². The first-order valence-corrected chi connectivity index (χ1v) is 8.04. The highest BCUT2D eigenvalue weighted by Gasteiger charge is 2.06. The number of benzene rings is 3. The molecule has 0 spiro atoms. The molecule has 3 rings (SSSR count). The zero-order chi connectivity index (χ0) is 16.2. The van der Waals surface area contributed by atoms with Crippen LogP contribution in [0.1, 0.15) is 32.3 Å². The molecule has 1 N–H and O–H groups in total. The summed E-state index contributed by atoms with van der Waals surface area (Å²) in [6.45, 7) is 6.41. The number of rotatable bonds is 3. The molecule has 0 radical (unpaired) electrons. The third kappa shape index (κ3) is 3.42.